The average Bonchev–Trinajstić information content (AvgIpc) is 2.34. The van der Waals surface area contributed by atoms with Crippen LogP contribution in [0.15, 0.2) is 10.2 Å². The quantitative estimate of drug-likeness (QED) is 0.666. The molecule has 0 aliphatic carbocycles. The largest absolute Gasteiger partial charge is 0.315 e. The van der Waals surface area contributed by atoms with E-state index in [2.05, 4.69) is 10.3 Å². The van der Waals surface area contributed by atoms with E-state index >= 15 is 0 Å². The Morgan fingerprint density at radius 1 is 1.80 bits per heavy atom. The van der Waals surface area contributed by atoms with Gasteiger partial charge in [0, 0.05) is 17.1 Å². The third-order valence-electron chi connectivity index (χ3n) is 1.44. The standard InChI is InChI=1S/C6H10N2OS/c1-4(7-2)5-3-10-6(9)8-5/h3-4,7H,1-2H3,(H,8,9). The minimum Gasteiger partial charge on any atom is -0.315 e. The van der Waals surface area contributed by atoms with Crippen molar-refractivity contribution in [2.75, 3.05) is 7.05 Å². The molecule has 1 aromatic heterocycles. The van der Waals surface area contributed by atoms with Crippen LogP contribution in [0.2, 0.25) is 0 Å². The lowest BCUT2D eigenvalue weighted by Gasteiger charge is -2.04. The second-order valence-corrected chi connectivity index (χ2v) is 2.96. The van der Waals surface area contributed by atoms with Crippen LogP contribution in [0.5, 0.6) is 0 Å². The summed E-state index contributed by atoms with van der Waals surface area (Å²) in [7, 11) is 1.86. The molecule has 0 radical (unpaired) electrons. The van der Waals surface area contributed by atoms with Gasteiger partial charge in [-0.2, -0.15) is 0 Å². The van der Waals surface area contributed by atoms with Gasteiger partial charge in [0.05, 0.1) is 0 Å². The number of aromatic nitrogens is 1. The predicted molar refractivity (Wildman–Crippen MR) is 42.4 cm³/mol. The van der Waals surface area contributed by atoms with Crippen molar-refractivity contribution in [3.63, 3.8) is 0 Å². The van der Waals surface area contributed by atoms with E-state index in [0.717, 1.165) is 5.69 Å². The van der Waals surface area contributed by atoms with Gasteiger partial charge in [-0.05, 0) is 14.0 Å². The Kier molecular flexibility index (Phi) is 2.24. The Balaban J connectivity index is 2.84. The predicted octanol–water partition coefficient (Wildman–Crippen LogP) is 0.717. The highest BCUT2D eigenvalue weighted by Gasteiger charge is 2.02. The normalized spacial score (nSPS) is 13.4. The number of nitrogens with one attached hydrogen (secondary N) is 2. The molecule has 0 aliphatic rings. The van der Waals surface area contributed by atoms with Crippen LogP contribution in [0, 0.1) is 0 Å². The number of thiazole rings is 1. The van der Waals surface area contributed by atoms with E-state index in [1.54, 1.807) is 0 Å². The monoisotopic (exact) mass is 158 g/mol. The van der Waals surface area contributed by atoms with Crippen molar-refractivity contribution in [3.8, 4) is 0 Å². The lowest BCUT2D eigenvalue weighted by Crippen LogP contribution is -2.13. The topological polar surface area (TPSA) is 44.9 Å². The van der Waals surface area contributed by atoms with Crippen molar-refractivity contribution in [1.29, 1.82) is 0 Å². The second-order valence-electron chi connectivity index (χ2n) is 2.11. The Morgan fingerprint density at radius 3 is 2.90 bits per heavy atom. The van der Waals surface area contributed by atoms with Crippen LogP contribution in [-0.2, 0) is 0 Å². The molecule has 56 valence electrons. The first kappa shape index (κ1) is 7.50. The fraction of sp³-hybridized carbons (Fsp3) is 0.500. The minimum absolute atomic E-state index is 0.0112. The van der Waals surface area contributed by atoms with Crippen LogP contribution in [0.3, 0.4) is 0 Å². The van der Waals surface area contributed by atoms with Crippen LogP contribution in [-0.4, -0.2) is 12.0 Å². The molecule has 1 atom stereocenters. The third kappa shape index (κ3) is 1.46. The van der Waals surface area contributed by atoms with E-state index in [9.17, 15) is 4.79 Å². The van der Waals surface area contributed by atoms with E-state index in [4.69, 9.17) is 0 Å². The van der Waals surface area contributed by atoms with Gasteiger partial charge in [-0.15, -0.1) is 0 Å². The molecule has 1 aromatic rings. The third-order valence-corrected chi connectivity index (χ3v) is 2.13. The summed E-state index contributed by atoms with van der Waals surface area (Å²) in [5.74, 6) is 0. The summed E-state index contributed by atoms with van der Waals surface area (Å²) < 4.78 is 0. The first-order valence-electron chi connectivity index (χ1n) is 3.09. The zero-order valence-corrected chi connectivity index (χ0v) is 6.79. The molecule has 10 heavy (non-hydrogen) atoms. The molecule has 1 rings (SSSR count). The maximum atomic E-state index is 10.6. The summed E-state index contributed by atoms with van der Waals surface area (Å²) in [5, 5.41) is 4.87. The molecular formula is C6H10N2OS. The number of aromatic amines is 1. The van der Waals surface area contributed by atoms with Gasteiger partial charge in [-0.25, -0.2) is 0 Å². The molecule has 4 heteroatoms. The maximum Gasteiger partial charge on any atom is 0.304 e. The zero-order chi connectivity index (χ0) is 7.56. The number of H-pyrrole nitrogens is 1. The zero-order valence-electron chi connectivity index (χ0n) is 5.97. The van der Waals surface area contributed by atoms with E-state index in [1.165, 1.54) is 11.3 Å². The summed E-state index contributed by atoms with van der Waals surface area (Å²) in [6.07, 6.45) is 0. The Hall–Kier alpha value is -0.610. The summed E-state index contributed by atoms with van der Waals surface area (Å²) in [5.41, 5.74) is 0.956. The van der Waals surface area contributed by atoms with Crippen molar-refractivity contribution in [1.82, 2.24) is 10.3 Å². The second kappa shape index (κ2) is 2.98. The maximum absolute atomic E-state index is 10.6. The van der Waals surface area contributed by atoms with Gasteiger partial charge in [0.2, 0.25) is 0 Å². The Morgan fingerprint density at radius 2 is 2.50 bits per heavy atom. The average molecular weight is 158 g/mol. The van der Waals surface area contributed by atoms with Crippen molar-refractivity contribution in [3.05, 3.63) is 20.7 Å². The summed E-state index contributed by atoms with van der Waals surface area (Å²) in [6.45, 7) is 2.00. The molecule has 1 unspecified atom stereocenters. The van der Waals surface area contributed by atoms with Gasteiger partial charge in [0.1, 0.15) is 0 Å². The Bertz CT molecular complexity index is 252. The molecule has 0 amide bonds. The van der Waals surface area contributed by atoms with Crippen molar-refractivity contribution in [2.24, 2.45) is 0 Å². The van der Waals surface area contributed by atoms with Crippen molar-refractivity contribution >= 4 is 11.3 Å². The molecular weight excluding hydrogens is 148 g/mol. The van der Waals surface area contributed by atoms with Gasteiger partial charge in [0.15, 0.2) is 0 Å². The molecule has 0 bridgehead atoms. The summed E-state index contributed by atoms with van der Waals surface area (Å²) in [6, 6.07) is 0.235. The number of hydrogen-bond acceptors (Lipinski definition) is 3. The molecule has 2 N–H and O–H groups in total. The fourth-order valence-electron chi connectivity index (χ4n) is 0.660. The van der Waals surface area contributed by atoms with E-state index < -0.39 is 0 Å². The van der Waals surface area contributed by atoms with E-state index in [-0.39, 0.29) is 10.9 Å². The number of hydrogen-bond donors (Lipinski definition) is 2. The molecule has 3 nitrogen and oxygen atoms in total. The Labute approximate surface area is 63.1 Å². The van der Waals surface area contributed by atoms with Gasteiger partial charge in [-0.1, -0.05) is 11.3 Å². The van der Waals surface area contributed by atoms with Crippen LogP contribution in [0.25, 0.3) is 0 Å². The van der Waals surface area contributed by atoms with Crippen LogP contribution < -0.4 is 10.2 Å². The van der Waals surface area contributed by atoms with Gasteiger partial charge >= 0.3 is 4.87 Å². The summed E-state index contributed by atoms with van der Waals surface area (Å²) in [4.78, 5) is 13.4. The van der Waals surface area contributed by atoms with Gasteiger partial charge < -0.3 is 10.3 Å². The minimum atomic E-state index is 0.0112. The van der Waals surface area contributed by atoms with Crippen LogP contribution in [0.4, 0.5) is 0 Å². The first-order chi connectivity index (χ1) is 4.74. The molecule has 0 saturated heterocycles. The lowest BCUT2D eigenvalue weighted by molar-refractivity contribution is 0.635. The van der Waals surface area contributed by atoms with Crippen molar-refractivity contribution < 1.29 is 0 Å². The highest BCUT2D eigenvalue weighted by atomic mass is 32.1. The van der Waals surface area contributed by atoms with Crippen molar-refractivity contribution in [2.45, 2.75) is 13.0 Å². The molecule has 0 fully saturated rings. The number of rotatable bonds is 2. The molecule has 0 aromatic carbocycles. The van der Waals surface area contributed by atoms with E-state index in [0.29, 0.717) is 0 Å². The molecule has 0 spiro atoms. The van der Waals surface area contributed by atoms with Crippen LogP contribution >= 0.6 is 11.3 Å². The molecule has 1 heterocycles. The fourth-order valence-corrected chi connectivity index (χ4v) is 1.33. The molecule has 0 saturated carbocycles. The smallest absolute Gasteiger partial charge is 0.304 e. The highest BCUT2D eigenvalue weighted by Crippen LogP contribution is 2.07. The lowest BCUT2D eigenvalue weighted by atomic mass is 10.3. The summed E-state index contributed by atoms with van der Waals surface area (Å²) >= 11 is 1.20. The first-order valence-corrected chi connectivity index (χ1v) is 3.97. The van der Waals surface area contributed by atoms with Gasteiger partial charge in [-0.3, -0.25) is 4.79 Å². The van der Waals surface area contributed by atoms with Crippen LogP contribution in [0.1, 0.15) is 18.7 Å². The molecule has 0 aliphatic heterocycles. The van der Waals surface area contributed by atoms with Gasteiger partial charge in [0.25, 0.3) is 0 Å². The van der Waals surface area contributed by atoms with E-state index in [1.807, 2.05) is 19.4 Å². The highest BCUT2D eigenvalue weighted by molar-refractivity contribution is 7.07. The SMILES string of the molecule is CNC(C)c1csc(=O)[nH]1.